The van der Waals surface area contributed by atoms with Crippen LogP contribution < -0.4 is 15.4 Å². The molecule has 0 heterocycles. The lowest BCUT2D eigenvalue weighted by molar-refractivity contribution is 0.170. The molecule has 148 valence electrons. The van der Waals surface area contributed by atoms with Crippen molar-refractivity contribution in [3.05, 3.63) is 65.7 Å². The van der Waals surface area contributed by atoms with E-state index in [0.29, 0.717) is 13.0 Å². The highest BCUT2D eigenvalue weighted by Gasteiger charge is 2.06. The minimum atomic E-state index is -0.489. The lowest BCUT2D eigenvalue weighted by atomic mass is 10.1. The zero-order valence-electron chi connectivity index (χ0n) is 16.0. The number of methoxy groups -OCH3 is 1. The van der Waals surface area contributed by atoms with Crippen molar-refractivity contribution in [2.24, 2.45) is 4.99 Å². The number of hydrogen-bond acceptors (Lipinski definition) is 3. The average molecular weight is 483 g/mol. The molecule has 0 aliphatic carbocycles. The number of aliphatic hydroxyl groups is 1. The highest BCUT2D eigenvalue weighted by molar-refractivity contribution is 14.0. The van der Waals surface area contributed by atoms with Crippen molar-refractivity contribution in [3.8, 4) is 5.75 Å². The standard InChI is InChI=1S/C21H29N3O2.HI/c1-3-22-21(23-15-13-18-11-7-8-12-20(18)26-2)24-16-14-19(25)17-9-5-4-6-10-17;/h4-12,19,25H,3,13-16H2,1-2H3,(H2,22,23,24);1H. The van der Waals surface area contributed by atoms with Crippen molar-refractivity contribution in [1.82, 2.24) is 10.6 Å². The van der Waals surface area contributed by atoms with Gasteiger partial charge in [0.05, 0.1) is 13.2 Å². The van der Waals surface area contributed by atoms with E-state index >= 15 is 0 Å². The smallest absolute Gasteiger partial charge is 0.191 e. The predicted octanol–water partition coefficient (Wildman–Crippen LogP) is 3.53. The Kier molecular flexibility index (Phi) is 11.5. The number of guanidine groups is 1. The van der Waals surface area contributed by atoms with E-state index < -0.39 is 6.10 Å². The van der Waals surface area contributed by atoms with Crippen LogP contribution in [0.1, 0.15) is 30.6 Å². The molecule has 0 aromatic heterocycles. The number of rotatable bonds is 9. The summed E-state index contributed by atoms with van der Waals surface area (Å²) in [5.41, 5.74) is 2.09. The monoisotopic (exact) mass is 483 g/mol. The predicted molar refractivity (Wildman–Crippen MR) is 122 cm³/mol. The summed E-state index contributed by atoms with van der Waals surface area (Å²) in [6, 6.07) is 17.7. The van der Waals surface area contributed by atoms with Crippen molar-refractivity contribution in [2.75, 3.05) is 26.7 Å². The number of halogens is 1. The van der Waals surface area contributed by atoms with Gasteiger partial charge in [-0.3, -0.25) is 4.99 Å². The summed E-state index contributed by atoms with van der Waals surface area (Å²) >= 11 is 0. The molecule has 0 saturated carbocycles. The molecule has 5 nitrogen and oxygen atoms in total. The lowest BCUT2D eigenvalue weighted by Crippen LogP contribution is -2.38. The maximum absolute atomic E-state index is 10.2. The molecule has 1 unspecified atom stereocenters. The van der Waals surface area contributed by atoms with Crippen molar-refractivity contribution < 1.29 is 9.84 Å². The van der Waals surface area contributed by atoms with Gasteiger partial charge in [-0.2, -0.15) is 0 Å². The van der Waals surface area contributed by atoms with Crippen molar-refractivity contribution >= 4 is 29.9 Å². The van der Waals surface area contributed by atoms with Gasteiger partial charge in [0, 0.05) is 19.6 Å². The molecule has 0 spiro atoms. The molecule has 6 heteroatoms. The Hall–Kier alpha value is -1.80. The van der Waals surface area contributed by atoms with Crippen LogP contribution in [0.25, 0.3) is 0 Å². The number of aliphatic hydroxyl groups excluding tert-OH is 1. The number of benzene rings is 2. The Morgan fingerprint density at radius 2 is 1.78 bits per heavy atom. The molecule has 0 saturated heterocycles. The topological polar surface area (TPSA) is 65.9 Å². The van der Waals surface area contributed by atoms with E-state index in [1.54, 1.807) is 7.11 Å². The van der Waals surface area contributed by atoms with Crippen molar-refractivity contribution in [3.63, 3.8) is 0 Å². The lowest BCUT2D eigenvalue weighted by Gasteiger charge is -2.13. The minimum Gasteiger partial charge on any atom is -0.496 e. The molecular weight excluding hydrogens is 453 g/mol. The van der Waals surface area contributed by atoms with Crippen LogP contribution >= 0.6 is 24.0 Å². The Bertz CT molecular complexity index is 680. The summed E-state index contributed by atoms with van der Waals surface area (Å²) in [6.07, 6.45) is 0.949. The van der Waals surface area contributed by atoms with E-state index in [9.17, 15) is 5.11 Å². The summed E-state index contributed by atoms with van der Waals surface area (Å²) in [5, 5.41) is 16.8. The molecule has 0 aliphatic heterocycles. The number of aliphatic imine (C=N–C) groups is 1. The SMILES string of the molecule is CCNC(=NCCC(O)c1ccccc1)NCCc1ccccc1OC.I. The number of para-hydroxylation sites is 1. The van der Waals surface area contributed by atoms with E-state index in [0.717, 1.165) is 42.3 Å². The van der Waals surface area contributed by atoms with E-state index in [-0.39, 0.29) is 24.0 Å². The van der Waals surface area contributed by atoms with Crippen molar-refractivity contribution in [1.29, 1.82) is 0 Å². The molecule has 2 aromatic carbocycles. The summed E-state index contributed by atoms with van der Waals surface area (Å²) in [5.74, 6) is 1.67. The fourth-order valence-corrected chi connectivity index (χ4v) is 2.71. The minimum absolute atomic E-state index is 0. The third kappa shape index (κ3) is 8.17. The molecule has 0 aliphatic rings. The second-order valence-corrected chi connectivity index (χ2v) is 5.96. The van der Waals surface area contributed by atoms with Gasteiger partial charge < -0.3 is 20.5 Å². The number of ether oxygens (including phenoxy) is 1. The summed E-state index contributed by atoms with van der Waals surface area (Å²) in [4.78, 5) is 4.56. The molecular formula is C21H30IN3O2. The second-order valence-electron chi connectivity index (χ2n) is 5.96. The third-order valence-corrected chi connectivity index (χ3v) is 4.08. The normalized spacial score (nSPS) is 12.0. The Balaban J connectivity index is 0.00000364. The highest BCUT2D eigenvalue weighted by atomic mass is 127. The van der Waals surface area contributed by atoms with E-state index in [2.05, 4.69) is 21.7 Å². The van der Waals surface area contributed by atoms with E-state index in [1.807, 2.05) is 55.5 Å². The fourth-order valence-electron chi connectivity index (χ4n) is 2.71. The van der Waals surface area contributed by atoms with Gasteiger partial charge in [-0.05, 0) is 37.0 Å². The van der Waals surface area contributed by atoms with Crippen molar-refractivity contribution in [2.45, 2.75) is 25.9 Å². The second kappa shape index (κ2) is 13.4. The molecule has 2 aromatic rings. The van der Waals surface area contributed by atoms with Gasteiger partial charge in [-0.15, -0.1) is 24.0 Å². The highest BCUT2D eigenvalue weighted by Crippen LogP contribution is 2.17. The number of hydrogen-bond donors (Lipinski definition) is 3. The first-order chi connectivity index (χ1) is 12.7. The fraction of sp³-hybridized carbons (Fsp3) is 0.381. The van der Waals surface area contributed by atoms with Gasteiger partial charge in [-0.1, -0.05) is 48.5 Å². The van der Waals surface area contributed by atoms with Crippen LogP contribution in [0.4, 0.5) is 0 Å². The molecule has 0 radical (unpaired) electrons. The Labute approximate surface area is 179 Å². The Morgan fingerprint density at radius 3 is 2.48 bits per heavy atom. The largest absolute Gasteiger partial charge is 0.496 e. The quantitative estimate of drug-likeness (QED) is 0.290. The molecule has 3 N–H and O–H groups in total. The summed E-state index contributed by atoms with van der Waals surface area (Å²) < 4.78 is 5.38. The van der Waals surface area contributed by atoms with Gasteiger partial charge in [0.25, 0.3) is 0 Å². The van der Waals surface area contributed by atoms with Crippen LogP contribution in [0, 0.1) is 0 Å². The molecule has 2 rings (SSSR count). The van der Waals surface area contributed by atoms with Crippen LogP contribution in [0.3, 0.4) is 0 Å². The zero-order valence-corrected chi connectivity index (χ0v) is 18.4. The number of nitrogens with one attached hydrogen (secondary N) is 2. The van der Waals surface area contributed by atoms with Crippen LogP contribution in [-0.2, 0) is 6.42 Å². The molecule has 27 heavy (non-hydrogen) atoms. The maximum Gasteiger partial charge on any atom is 0.191 e. The molecule has 0 fully saturated rings. The molecule has 0 amide bonds. The number of nitrogens with zero attached hydrogens (tertiary/aromatic N) is 1. The first-order valence-corrected chi connectivity index (χ1v) is 9.11. The van der Waals surface area contributed by atoms with Gasteiger partial charge in [0.15, 0.2) is 5.96 Å². The van der Waals surface area contributed by atoms with Crippen LogP contribution in [0.5, 0.6) is 5.75 Å². The van der Waals surface area contributed by atoms with E-state index in [1.165, 1.54) is 0 Å². The molecule has 1 atom stereocenters. The van der Waals surface area contributed by atoms with Gasteiger partial charge >= 0.3 is 0 Å². The summed E-state index contributed by atoms with van der Waals surface area (Å²) in [6.45, 7) is 4.14. The van der Waals surface area contributed by atoms with Crippen LogP contribution in [0.2, 0.25) is 0 Å². The molecule has 0 bridgehead atoms. The van der Waals surface area contributed by atoms with Gasteiger partial charge in [-0.25, -0.2) is 0 Å². The van der Waals surface area contributed by atoms with E-state index in [4.69, 9.17) is 4.74 Å². The summed E-state index contributed by atoms with van der Waals surface area (Å²) in [7, 11) is 1.69. The average Bonchev–Trinajstić information content (AvgIpc) is 2.69. The van der Waals surface area contributed by atoms with Crippen LogP contribution in [-0.4, -0.2) is 37.8 Å². The third-order valence-electron chi connectivity index (χ3n) is 4.08. The maximum atomic E-state index is 10.2. The van der Waals surface area contributed by atoms with Gasteiger partial charge in [0.1, 0.15) is 5.75 Å². The van der Waals surface area contributed by atoms with Gasteiger partial charge in [0.2, 0.25) is 0 Å². The Morgan fingerprint density at radius 1 is 1.07 bits per heavy atom. The first-order valence-electron chi connectivity index (χ1n) is 9.11. The zero-order chi connectivity index (χ0) is 18.6. The first kappa shape index (κ1) is 23.2. The van der Waals surface area contributed by atoms with Crippen LogP contribution in [0.15, 0.2) is 59.6 Å².